The van der Waals surface area contributed by atoms with Gasteiger partial charge in [-0.2, -0.15) is 0 Å². The predicted molar refractivity (Wildman–Crippen MR) is 160 cm³/mol. The van der Waals surface area contributed by atoms with Crippen molar-refractivity contribution in [3.63, 3.8) is 0 Å². The molecular formula is C31H37ClN6O2. The highest BCUT2D eigenvalue weighted by Crippen LogP contribution is 2.38. The third-order valence-corrected chi connectivity index (χ3v) is 8.08. The molecule has 9 heteroatoms. The molecule has 1 saturated carbocycles. The molecule has 0 spiro atoms. The number of aromatic nitrogens is 2. The SMILES string of the molecule is CC(=O)NCCNc1cc(N2CCN(C(=O)C(c3ccccc3)C3CCCC3)CC2)nc(-c2ccc(Cl)cc2)n1. The Balaban J connectivity index is 1.31. The second-order valence-corrected chi connectivity index (χ2v) is 11.0. The number of carbonyl (C=O) groups is 2. The summed E-state index contributed by atoms with van der Waals surface area (Å²) in [4.78, 5) is 39.0. The molecule has 1 atom stereocenters. The summed E-state index contributed by atoms with van der Waals surface area (Å²) in [5.74, 6) is 2.63. The number of benzene rings is 2. The van der Waals surface area contributed by atoms with Crippen LogP contribution in [-0.2, 0) is 9.59 Å². The Bertz CT molecular complexity index is 1290. The fraction of sp³-hybridized carbons (Fsp3) is 0.419. The fourth-order valence-electron chi connectivity index (χ4n) is 5.76. The predicted octanol–water partition coefficient (Wildman–Crippen LogP) is 4.97. The quantitative estimate of drug-likeness (QED) is 0.359. The monoisotopic (exact) mass is 560 g/mol. The Morgan fingerprint density at radius 3 is 2.33 bits per heavy atom. The van der Waals surface area contributed by atoms with Crippen LogP contribution in [0.1, 0.15) is 44.1 Å². The Morgan fingerprint density at radius 2 is 1.65 bits per heavy atom. The van der Waals surface area contributed by atoms with Crippen LogP contribution >= 0.6 is 11.6 Å². The lowest BCUT2D eigenvalue weighted by molar-refractivity contribution is -0.134. The van der Waals surface area contributed by atoms with Crippen LogP contribution in [-0.4, -0.2) is 66.0 Å². The number of hydrogen-bond donors (Lipinski definition) is 2. The van der Waals surface area contributed by atoms with Crippen molar-refractivity contribution in [2.45, 2.75) is 38.5 Å². The largest absolute Gasteiger partial charge is 0.368 e. The van der Waals surface area contributed by atoms with Gasteiger partial charge in [-0.25, -0.2) is 9.97 Å². The number of rotatable bonds is 9. The van der Waals surface area contributed by atoms with E-state index < -0.39 is 0 Å². The number of nitrogens with one attached hydrogen (secondary N) is 2. The topological polar surface area (TPSA) is 90.5 Å². The van der Waals surface area contributed by atoms with Crippen LogP contribution < -0.4 is 15.5 Å². The van der Waals surface area contributed by atoms with Gasteiger partial charge in [0.2, 0.25) is 11.8 Å². The van der Waals surface area contributed by atoms with Crippen molar-refractivity contribution in [1.82, 2.24) is 20.2 Å². The van der Waals surface area contributed by atoms with Gasteiger partial charge < -0.3 is 20.4 Å². The number of nitrogens with zero attached hydrogens (tertiary/aromatic N) is 4. The van der Waals surface area contributed by atoms with Gasteiger partial charge in [0.1, 0.15) is 11.6 Å². The lowest BCUT2D eigenvalue weighted by Gasteiger charge is -2.38. The molecule has 1 aromatic heterocycles. The summed E-state index contributed by atoms with van der Waals surface area (Å²) in [6, 6.07) is 19.7. The van der Waals surface area contributed by atoms with Gasteiger partial charge >= 0.3 is 0 Å². The minimum absolute atomic E-state index is 0.0646. The van der Waals surface area contributed by atoms with E-state index in [4.69, 9.17) is 21.6 Å². The molecule has 1 saturated heterocycles. The lowest BCUT2D eigenvalue weighted by Crippen LogP contribution is -2.51. The highest BCUT2D eigenvalue weighted by Gasteiger charge is 2.35. The molecule has 8 nitrogen and oxygen atoms in total. The molecule has 0 radical (unpaired) electrons. The highest BCUT2D eigenvalue weighted by molar-refractivity contribution is 6.30. The Labute approximate surface area is 241 Å². The standard InChI is InChI=1S/C31H37ClN6O2/c1-22(39)33-15-16-34-27-21-28(36-30(35-27)25-11-13-26(32)14-12-25)37-17-19-38(20-18-37)31(40)29(24-9-5-6-10-24)23-7-3-2-4-8-23/h2-4,7-8,11-14,21,24,29H,5-6,9-10,15-20H2,1H3,(H,33,39)(H,34,35,36). The number of anilines is 2. The third-order valence-electron chi connectivity index (χ3n) is 7.83. The van der Waals surface area contributed by atoms with Gasteiger partial charge in [-0.3, -0.25) is 9.59 Å². The van der Waals surface area contributed by atoms with Gasteiger partial charge in [0.15, 0.2) is 5.82 Å². The van der Waals surface area contributed by atoms with E-state index in [1.807, 2.05) is 53.4 Å². The molecular weight excluding hydrogens is 524 g/mol. The van der Waals surface area contributed by atoms with Crippen LogP contribution in [0.5, 0.6) is 0 Å². The van der Waals surface area contributed by atoms with Crippen molar-refractivity contribution >= 4 is 35.1 Å². The lowest BCUT2D eigenvalue weighted by atomic mass is 9.83. The smallest absolute Gasteiger partial charge is 0.230 e. The normalized spacial score (nSPS) is 16.6. The molecule has 2 aromatic carbocycles. The maximum Gasteiger partial charge on any atom is 0.230 e. The van der Waals surface area contributed by atoms with Crippen LogP contribution in [0.25, 0.3) is 11.4 Å². The van der Waals surface area contributed by atoms with Gasteiger partial charge in [-0.15, -0.1) is 0 Å². The molecule has 2 fully saturated rings. The first-order valence-corrected chi connectivity index (χ1v) is 14.6. The van der Waals surface area contributed by atoms with Gasteiger partial charge in [-0.1, -0.05) is 54.8 Å². The van der Waals surface area contributed by atoms with Gasteiger partial charge in [0.05, 0.1) is 5.92 Å². The summed E-state index contributed by atoms with van der Waals surface area (Å²) >= 11 is 6.11. The van der Waals surface area contributed by atoms with E-state index in [1.54, 1.807) is 0 Å². The molecule has 210 valence electrons. The Kier molecular flexibility index (Phi) is 9.16. The van der Waals surface area contributed by atoms with Crippen LogP contribution in [0.15, 0.2) is 60.7 Å². The van der Waals surface area contributed by atoms with E-state index in [2.05, 4.69) is 27.7 Å². The molecule has 0 bridgehead atoms. The van der Waals surface area contributed by atoms with Crippen molar-refractivity contribution in [2.24, 2.45) is 5.92 Å². The van der Waals surface area contributed by atoms with Crippen molar-refractivity contribution < 1.29 is 9.59 Å². The Hall–Kier alpha value is -3.65. The minimum Gasteiger partial charge on any atom is -0.368 e. The molecule has 2 N–H and O–H groups in total. The number of hydrogen-bond acceptors (Lipinski definition) is 6. The first-order chi connectivity index (χ1) is 19.5. The van der Waals surface area contributed by atoms with E-state index in [0.29, 0.717) is 61.9 Å². The number of piperazine rings is 1. The van der Waals surface area contributed by atoms with Crippen molar-refractivity contribution in [3.05, 3.63) is 71.2 Å². The summed E-state index contributed by atoms with van der Waals surface area (Å²) in [5, 5.41) is 6.76. The van der Waals surface area contributed by atoms with Crippen molar-refractivity contribution in [2.75, 3.05) is 49.5 Å². The van der Waals surface area contributed by atoms with E-state index in [9.17, 15) is 9.59 Å². The number of carbonyl (C=O) groups excluding carboxylic acids is 2. The summed E-state index contributed by atoms with van der Waals surface area (Å²) in [6.45, 7) is 5.24. The zero-order chi connectivity index (χ0) is 27.9. The van der Waals surface area contributed by atoms with Gasteiger partial charge in [0.25, 0.3) is 0 Å². The molecule has 2 aliphatic rings. The van der Waals surface area contributed by atoms with Crippen LogP contribution in [0.3, 0.4) is 0 Å². The second-order valence-electron chi connectivity index (χ2n) is 10.6. The maximum atomic E-state index is 13.9. The second kappa shape index (κ2) is 13.1. The molecule has 2 heterocycles. The molecule has 2 amide bonds. The molecule has 3 aromatic rings. The summed E-state index contributed by atoms with van der Waals surface area (Å²) < 4.78 is 0. The number of amides is 2. The van der Waals surface area contributed by atoms with Crippen molar-refractivity contribution in [1.29, 1.82) is 0 Å². The molecule has 40 heavy (non-hydrogen) atoms. The van der Waals surface area contributed by atoms with E-state index >= 15 is 0 Å². The first kappa shape index (κ1) is 27.9. The first-order valence-electron chi connectivity index (χ1n) is 14.2. The van der Waals surface area contributed by atoms with Gasteiger partial charge in [-0.05, 0) is 48.6 Å². The fourth-order valence-corrected chi connectivity index (χ4v) is 5.89. The molecule has 1 aliphatic carbocycles. The molecule has 5 rings (SSSR count). The highest BCUT2D eigenvalue weighted by atomic mass is 35.5. The average Bonchev–Trinajstić information content (AvgIpc) is 3.51. The van der Waals surface area contributed by atoms with Crippen LogP contribution in [0, 0.1) is 5.92 Å². The van der Waals surface area contributed by atoms with Gasteiger partial charge in [0, 0.05) is 62.8 Å². The van der Waals surface area contributed by atoms with E-state index in [1.165, 1.54) is 19.8 Å². The van der Waals surface area contributed by atoms with E-state index in [0.717, 1.165) is 29.8 Å². The zero-order valence-electron chi connectivity index (χ0n) is 23.0. The average molecular weight is 561 g/mol. The van der Waals surface area contributed by atoms with Crippen LogP contribution in [0.4, 0.5) is 11.6 Å². The van der Waals surface area contributed by atoms with Crippen LogP contribution in [0.2, 0.25) is 5.02 Å². The van der Waals surface area contributed by atoms with E-state index in [-0.39, 0.29) is 17.7 Å². The summed E-state index contributed by atoms with van der Waals surface area (Å²) in [6.07, 6.45) is 4.66. The zero-order valence-corrected chi connectivity index (χ0v) is 23.7. The number of halogens is 1. The summed E-state index contributed by atoms with van der Waals surface area (Å²) in [7, 11) is 0. The summed E-state index contributed by atoms with van der Waals surface area (Å²) in [5.41, 5.74) is 2.01. The van der Waals surface area contributed by atoms with Crippen molar-refractivity contribution in [3.8, 4) is 11.4 Å². The third kappa shape index (κ3) is 6.91. The molecule has 1 unspecified atom stereocenters. The Morgan fingerprint density at radius 1 is 0.950 bits per heavy atom. The molecule has 1 aliphatic heterocycles. The minimum atomic E-state index is -0.0677. The maximum absolute atomic E-state index is 13.9.